The van der Waals surface area contributed by atoms with Crippen molar-refractivity contribution >= 4 is 29.2 Å². The normalized spacial score (nSPS) is 16.3. The standard InChI is InChI=1S/C20H20N2O5/c1-2-27-17-9-4-3-8-16(17)22-12-14(11-18(22)23)19(24)21-15-7-5-6-13(10-15)20(25)26/h3-10,14H,2,11-12H2,1H3,(H,21,24)(H,25,26)/t14-/m0/s1. The second kappa shape index (κ2) is 7.90. The molecule has 2 amide bonds. The molecule has 0 unspecified atom stereocenters. The maximum absolute atomic E-state index is 12.6. The van der Waals surface area contributed by atoms with Gasteiger partial charge >= 0.3 is 5.97 Å². The molecule has 1 atom stereocenters. The maximum Gasteiger partial charge on any atom is 0.335 e. The lowest BCUT2D eigenvalue weighted by Crippen LogP contribution is -2.28. The molecule has 7 nitrogen and oxygen atoms in total. The van der Waals surface area contributed by atoms with Gasteiger partial charge in [-0.3, -0.25) is 9.59 Å². The number of carbonyl (C=O) groups is 3. The van der Waals surface area contributed by atoms with Crippen molar-refractivity contribution in [3.8, 4) is 5.75 Å². The average Bonchev–Trinajstić information content (AvgIpc) is 3.04. The number of ether oxygens (including phenoxy) is 1. The largest absolute Gasteiger partial charge is 0.492 e. The first-order valence-corrected chi connectivity index (χ1v) is 8.66. The number of hydrogen-bond donors (Lipinski definition) is 2. The molecular weight excluding hydrogens is 348 g/mol. The van der Waals surface area contributed by atoms with Crippen LogP contribution in [0.4, 0.5) is 11.4 Å². The molecule has 0 spiro atoms. The van der Waals surface area contributed by atoms with Crippen molar-refractivity contribution in [2.75, 3.05) is 23.4 Å². The smallest absolute Gasteiger partial charge is 0.335 e. The maximum atomic E-state index is 12.6. The molecule has 0 bridgehead atoms. The minimum atomic E-state index is -1.07. The van der Waals surface area contributed by atoms with Crippen LogP contribution in [0, 0.1) is 5.92 Å². The van der Waals surface area contributed by atoms with Gasteiger partial charge in [-0.15, -0.1) is 0 Å². The fraction of sp³-hybridized carbons (Fsp3) is 0.250. The lowest BCUT2D eigenvalue weighted by atomic mass is 10.1. The minimum Gasteiger partial charge on any atom is -0.492 e. The number of benzene rings is 2. The van der Waals surface area contributed by atoms with Gasteiger partial charge in [0.1, 0.15) is 5.75 Å². The van der Waals surface area contributed by atoms with E-state index in [4.69, 9.17) is 9.84 Å². The molecule has 1 saturated heterocycles. The van der Waals surface area contributed by atoms with E-state index in [2.05, 4.69) is 5.32 Å². The zero-order valence-electron chi connectivity index (χ0n) is 14.8. The van der Waals surface area contributed by atoms with Crippen LogP contribution in [0.5, 0.6) is 5.75 Å². The van der Waals surface area contributed by atoms with Crippen molar-refractivity contribution in [1.82, 2.24) is 0 Å². The van der Waals surface area contributed by atoms with E-state index < -0.39 is 11.9 Å². The Morgan fingerprint density at radius 3 is 2.74 bits per heavy atom. The molecule has 27 heavy (non-hydrogen) atoms. The summed E-state index contributed by atoms with van der Waals surface area (Å²) in [4.78, 5) is 37.6. The second-order valence-electron chi connectivity index (χ2n) is 6.18. The first-order chi connectivity index (χ1) is 13.0. The summed E-state index contributed by atoms with van der Waals surface area (Å²) in [5.74, 6) is -1.46. The van der Waals surface area contributed by atoms with Crippen LogP contribution in [0.15, 0.2) is 48.5 Å². The van der Waals surface area contributed by atoms with E-state index in [9.17, 15) is 14.4 Å². The second-order valence-corrected chi connectivity index (χ2v) is 6.18. The summed E-state index contributed by atoms with van der Waals surface area (Å²) in [5, 5.41) is 11.7. The Kier molecular flexibility index (Phi) is 5.40. The fourth-order valence-electron chi connectivity index (χ4n) is 3.05. The molecule has 0 aromatic heterocycles. The monoisotopic (exact) mass is 368 g/mol. The molecule has 1 aliphatic heterocycles. The number of carboxylic acid groups (broad SMARTS) is 1. The number of rotatable bonds is 6. The lowest BCUT2D eigenvalue weighted by molar-refractivity contribution is -0.122. The Hall–Kier alpha value is -3.35. The van der Waals surface area contributed by atoms with Crippen LogP contribution in [0.2, 0.25) is 0 Å². The highest BCUT2D eigenvalue weighted by Crippen LogP contribution is 2.33. The van der Waals surface area contributed by atoms with E-state index in [1.165, 1.54) is 12.1 Å². The zero-order chi connectivity index (χ0) is 19.4. The molecule has 2 aromatic rings. The highest BCUT2D eigenvalue weighted by atomic mass is 16.5. The van der Waals surface area contributed by atoms with Crippen LogP contribution in [-0.4, -0.2) is 36.0 Å². The number of aromatic carboxylic acids is 1. The summed E-state index contributed by atoms with van der Waals surface area (Å²) in [6.07, 6.45) is 0.0882. The van der Waals surface area contributed by atoms with E-state index in [1.807, 2.05) is 19.1 Å². The van der Waals surface area contributed by atoms with E-state index in [0.29, 0.717) is 23.7 Å². The van der Waals surface area contributed by atoms with Crippen molar-refractivity contribution in [2.24, 2.45) is 5.92 Å². The third kappa shape index (κ3) is 4.08. The van der Waals surface area contributed by atoms with Crippen molar-refractivity contribution in [3.63, 3.8) is 0 Å². The predicted molar refractivity (Wildman–Crippen MR) is 100 cm³/mol. The van der Waals surface area contributed by atoms with Crippen molar-refractivity contribution < 1.29 is 24.2 Å². The molecule has 0 aliphatic carbocycles. The number of nitrogens with one attached hydrogen (secondary N) is 1. The summed E-state index contributed by atoms with van der Waals surface area (Å²) in [6.45, 7) is 2.58. The number of carbonyl (C=O) groups excluding carboxylic acids is 2. The van der Waals surface area contributed by atoms with Crippen molar-refractivity contribution in [1.29, 1.82) is 0 Å². The van der Waals surface area contributed by atoms with Gasteiger partial charge in [-0.25, -0.2) is 4.79 Å². The highest BCUT2D eigenvalue weighted by Gasteiger charge is 2.36. The van der Waals surface area contributed by atoms with E-state index >= 15 is 0 Å². The quantitative estimate of drug-likeness (QED) is 0.817. The lowest BCUT2D eigenvalue weighted by Gasteiger charge is -2.20. The molecule has 1 aliphatic rings. The average molecular weight is 368 g/mol. The topological polar surface area (TPSA) is 95.9 Å². The van der Waals surface area contributed by atoms with Gasteiger partial charge in [0.15, 0.2) is 0 Å². The molecule has 2 N–H and O–H groups in total. The van der Waals surface area contributed by atoms with Gasteiger partial charge in [-0.2, -0.15) is 0 Å². The molecule has 3 rings (SSSR count). The molecule has 0 radical (unpaired) electrons. The highest BCUT2D eigenvalue weighted by molar-refractivity contribution is 6.04. The SMILES string of the molecule is CCOc1ccccc1N1C[C@@H](C(=O)Nc2cccc(C(=O)O)c2)CC1=O. The Morgan fingerprint density at radius 2 is 2.00 bits per heavy atom. The Labute approximate surface area is 156 Å². The van der Waals surface area contributed by atoms with E-state index in [0.717, 1.165) is 0 Å². The third-order valence-corrected chi connectivity index (χ3v) is 4.33. The summed E-state index contributed by atoms with van der Waals surface area (Å²) < 4.78 is 5.57. The van der Waals surface area contributed by atoms with Gasteiger partial charge < -0.3 is 20.1 Å². The molecule has 1 fully saturated rings. The first kappa shape index (κ1) is 18.4. The summed E-state index contributed by atoms with van der Waals surface area (Å²) in [5.41, 5.74) is 1.12. The Bertz CT molecular complexity index is 880. The van der Waals surface area contributed by atoms with Gasteiger partial charge in [0, 0.05) is 18.7 Å². The van der Waals surface area contributed by atoms with Crippen LogP contribution >= 0.6 is 0 Å². The first-order valence-electron chi connectivity index (χ1n) is 8.66. The van der Waals surface area contributed by atoms with Crippen LogP contribution in [0.25, 0.3) is 0 Å². The predicted octanol–water partition coefficient (Wildman–Crippen LogP) is 2.78. The molecule has 0 saturated carbocycles. The van der Waals surface area contributed by atoms with Crippen LogP contribution < -0.4 is 15.0 Å². The Morgan fingerprint density at radius 1 is 1.22 bits per heavy atom. The summed E-state index contributed by atoms with van der Waals surface area (Å²) >= 11 is 0. The number of para-hydroxylation sites is 2. The summed E-state index contributed by atoms with van der Waals surface area (Å²) in [6, 6.07) is 13.2. The number of hydrogen-bond acceptors (Lipinski definition) is 4. The fourth-order valence-corrected chi connectivity index (χ4v) is 3.05. The molecule has 2 aromatic carbocycles. The van der Waals surface area contributed by atoms with Crippen LogP contribution in [0.3, 0.4) is 0 Å². The van der Waals surface area contributed by atoms with Crippen LogP contribution in [-0.2, 0) is 9.59 Å². The van der Waals surface area contributed by atoms with E-state index in [1.54, 1.807) is 29.2 Å². The number of nitrogens with zero attached hydrogens (tertiary/aromatic N) is 1. The molecule has 1 heterocycles. The van der Waals surface area contributed by atoms with Gasteiger partial charge in [0.2, 0.25) is 11.8 Å². The third-order valence-electron chi connectivity index (χ3n) is 4.33. The molecular formula is C20H20N2O5. The van der Waals surface area contributed by atoms with E-state index in [-0.39, 0.29) is 30.3 Å². The zero-order valence-corrected chi connectivity index (χ0v) is 14.8. The van der Waals surface area contributed by atoms with Gasteiger partial charge in [0.05, 0.1) is 23.8 Å². The minimum absolute atomic E-state index is 0.0857. The van der Waals surface area contributed by atoms with Gasteiger partial charge in [-0.1, -0.05) is 18.2 Å². The van der Waals surface area contributed by atoms with Crippen LogP contribution in [0.1, 0.15) is 23.7 Å². The molecule has 7 heteroatoms. The number of anilines is 2. The molecule has 140 valence electrons. The van der Waals surface area contributed by atoms with Gasteiger partial charge in [-0.05, 0) is 37.3 Å². The van der Waals surface area contributed by atoms with Crippen molar-refractivity contribution in [2.45, 2.75) is 13.3 Å². The number of carboxylic acids is 1. The van der Waals surface area contributed by atoms with Crippen molar-refractivity contribution in [3.05, 3.63) is 54.1 Å². The Balaban J connectivity index is 1.73. The van der Waals surface area contributed by atoms with Gasteiger partial charge in [0.25, 0.3) is 0 Å². The summed E-state index contributed by atoms with van der Waals surface area (Å²) in [7, 11) is 0. The number of amides is 2.